The number of nitrogens with one attached hydrogen (secondary N) is 3. The maximum absolute atomic E-state index is 12.6. The van der Waals surface area contributed by atoms with Crippen LogP contribution in [0.15, 0.2) is 5.16 Å². The zero-order chi connectivity index (χ0) is 29.9. The predicted octanol–water partition coefficient (Wildman–Crippen LogP) is 2.76. The van der Waals surface area contributed by atoms with Crippen molar-refractivity contribution in [1.82, 2.24) is 16.0 Å². The molecule has 222 valence electrons. The van der Waals surface area contributed by atoms with Crippen LogP contribution in [-0.2, 0) is 33.5 Å². The highest BCUT2D eigenvalue weighted by atomic mass is 16.6. The van der Waals surface area contributed by atoms with Gasteiger partial charge in [0.1, 0.15) is 23.5 Å². The molecule has 2 aliphatic heterocycles. The van der Waals surface area contributed by atoms with Crippen LogP contribution < -0.4 is 16.0 Å². The molecule has 0 saturated carbocycles. The number of ketones is 1. The average molecular weight is 545 g/mol. The Labute approximate surface area is 229 Å². The summed E-state index contributed by atoms with van der Waals surface area (Å²) in [6.07, 6.45) is 1.84. The molecule has 3 amide bonds. The number of carbonyl (C=O) groups is 4. The third-order valence-electron chi connectivity index (χ3n) is 4.92. The molecule has 2 rings (SSSR count). The number of rotatable bonds is 12. The molecule has 0 aliphatic carbocycles. The SMILES string of the molecule is CC.CC.CCC.COCC(NC(=O)C1=NOC(C)C1)C(=O)NCC(=O)NC(CC(C)C)C(=O)C1(C)CO1. The van der Waals surface area contributed by atoms with Gasteiger partial charge in [-0.3, -0.25) is 19.2 Å². The lowest BCUT2D eigenvalue weighted by molar-refractivity contribution is -0.132. The summed E-state index contributed by atoms with van der Waals surface area (Å²) in [4.78, 5) is 54.7. The van der Waals surface area contributed by atoms with Crippen LogP contribution in [0.3, 0.4) is 0 Å². The fourth-order valence-electron chi connectivity index (χ4n) is 3.08. The lowest BCUT2D eigenvalue weighted by Crippen LogP contribution is -2.54. The summed E-state index contributed by atoms with van der Waals surface area (Å²) < 4.78 is 10.2. The van der Waals surface area contributed by atoms with Gasteiger partial charge >= 0.3 is 0 Å². The Morgan fingerprint density at radius 2 is 1.63 bits per heavy atom. The van der Waals surface area contributed by atoms with Gasteiger partial charge in [0.25, 0.3) is 5.91 Å². The number of carbonyl (C=O) groups excluding carboxylic acids is 4. The van der Waals surface area contributed by atoms with Crippen molar-refractivity contribution in [2.45, 2.75) is 112 Å². The topological polar surface area (TPSA) is 148 Å². The van der Waals surface area contributed by atoms with Crippen LogP contribution in [0.4, 0.5) is 0 Å². The summed E-state index contributed by atoms with van der Waals surface area (Å²) in [5.41, 5.74) is -0.668. The molecule has 0 spiro atoms. The first-order valence-corrected chi connectivity index (χ1v) is 13.7. The van der Waals surface area contributed by atoms with Crippen molar-refractivity contribution in [3.63, 3.8) is 0 Å². The zero-order valence-corrected chi connectivity index (χ0v) is 25.4. The second kappa shape index (κ2) is 20.4. The number of epoxide rings is 1. The standard InChI is InChI=1S/C20H32N4O7.C3H8.2C2H6/c1-11(2)6-13(17(26)20(4)10-30-20)22-16(25)8-21-18(27)15(9-29-5)23-19(28)14-7-12(3)31-24-14;1-3-2;2*1-2/h11-13,15H,6-10H2,1-5H3,(H,21,27)(H,22,25)(H,23,28);3H2,1-2H3;2*1-2H3. The highest BCUT2D eigenvalue weighted by molar-refractivity contribution is 6.39. The lowest BCUT2D eigenvalue weighted by atomic mass is 9.93. The minimum absolute atomic E-state index is 0.0902. The van der Waals surface area contributed by atoms with Gasteiger partial charge in [-0.25, -0.2) is 0 Å². The number of hydrogen-bond acceptors (Lipinski definition) is 8. The molecule has 11 nitrogen and oxygen atoms in total. The van der Waals surface area contributed by atoms with Crippen LogP contribution in [0.2, 0.25) is 0 Å². The van der Waals surface area contributed by atoms with Crippen molar-refractivity contribution in [2.75, 3.05) is 26.9 Å². The predicted molar refractivity (Wildman–Crippen MR) is 149 cm³/mol. The second-order valence-electron chi connectivity index (χ2n) is 9.20. The van der Waals surface area contributed by atoms with Gasteiger partial charge in [-0.1, -0.05) is 67.0 Å². The Morgan fingerprint density at radius 3 is 2.05 bits per heavy atom. The Hall–Kier alpha value is -2.53. The largest absolute Gasteiger partial charge is 0.392 e. The van der Waals surface area contributed by atoms with Crippen molar-refractivity contribution in [3.05, 3.63) is 0 Å². The van der Waals surface area contributed by atoms with Crippen LogP contribution in [0.1, 0.15) is 88.5 Å². The van der Waals surface area contributed by atoms with Crippen molar-refractivity contribution >= 4 is 29.2 Å². The van der Waals surface area contributed by atoms with Gasteiger partial charge in [-0.05, 0) is 26.2 Å². The van der Waals surface area contributed by atoms with E-state index in [1.54, 1.807) is 13.8 Å². The number of Topliss-reactive ketones (excluding diaryl/α,β-unsaturated/α-hetero) is 1. The quantitative estimate of drug-likeness (QED) is 0.320. The van der Waals surface area contributed by atoms with E-state index in [1.807, 2.05) is 41.5 Å². The Balaban J connectivity index is 0. The van der Waals surface area contributed by atoms with Crippen molar-refractivity contribution in [2.24, 2.45) is 11.1 Å². The molecule has 0 bridgehead atoms. The van der Waals surface area contributed by atoms with E-state index in [0.29, 0.717) is 19.4 Å². The van der Waals surface area contributed by atoms with Gasteiger partial charge < -0.3 is 30.3 Å². The molecular formula is C27H52N4O7. The molecule has 38 heavy (non-hydrogen) atoms. The number of ether oxygens (including phenoxy) is 2. The smallest absolute Gasteiger partial charge is 0.269 e. The first-order valence-electron chi connectivity index (χ1n) is 13.7. The molecule has 2 aliphatic rings. The summed E-state index contributed by atoms with van der Waals surface area (Å²) >= 11 is 0. The minimum Gasteiger partial charge on any atom is -0.392 e. The van der Waals surface area contributed by atoms with Crippen molar-refractivity contribution < 1.29 is 33.5 Å². The lowest BCUT2D eigenvalue weighted by Gasteiger charge is -2.22. The number of nitrogens with zero attached hydrogens (tertiary/aromatic N) is 1. The van der Waals surface area contributed by atoms with Gasteiger partial charge in [0.2, 0.25) is 11.8 Å². The summed E-state index contributed by atoms with van der Waals surface area (Å²) in [5.74, 6) is -1.65. The molecular weight excluding hydrogens is 492 g/mol. The fourth-order valence-corrected chi connectivity index (χ4v) is 3.08. The van der Waals surface area contributed by atoms with E-state index >= 15 is 0 Å². The van der Waals surface area contributed by atoms with Crippen LogP contribution in [-0.4, -0.2) is 79.9 Å². The Bertz CT molecular complexity index is 752. The van der Waals surface area contributed by atoms with Crippen molar-refractivity contribution in [3.8, 4) is 0 Å². The Morgan fingerprint density at radius 1 is 1.08 bits per heavy atom. The number of oxime groups is 1. The summed E-state index contributed by atoms with van der Waals surface area (Å²) in [6.45, 7) is 19.5. The van der Waals surface area contributed by atoms with E-state index in [9.17, 15) is 19.2 Å². The molecule has 1 saturated heterocycles. The van der Waals surface area contributed by atoms with E-state index in [1.165, 1.54) is 13.5 Å². The van der Waals surface area contributed by atoms with E-state index in [0.717, 1.165) is 0 Å². The molecule has 0 aromatic heterocycles. The van der Waals surface area contributed by atoms with Crippen LogP contribution >= 0.6 is 0 Å². The third-order valence-corrected chi connectivity index (χ3v) is 4.92. The van der Waals surface area contributed by atoms with Crippen molar-refractivity contribution in [1.29, 1.82) is 0 Å². The monoisotopic (exact) mass is 544 g/mol. The zero-order valence-electron chi connectivity index (χ0n) is 25.4. The molecule has 0 aromatic carbocycles. The third kappa shape index (κ3) is 14.4. The number of amides is 3. The Kier molecular flexibility index (Phi) is 20.2. The first-order chi connectivity index (χ1) is 18.0. The average Bonchev–Trinajstić information content (AvgIpc) is 3.49. The summed E-state index contributed by atoms with van der Waals surface area (Å²) in [5, 5.41) is 11.4. The van der Waals surface area contributed by atoms with E-state index < -0.39 is 35.4 Å². The second-order valence-corrected chi connectivity index (χ2v) is 9.20. The molecule has 0 radical (unpaired) electrons. The first kappa shape index (κ1) is 37.6. The summed E-state index contributed by atoms with van der Waals surface area (Å²) in [6, 6.07) is -1.72. The maximum Gasteiger partial charge on any atom is 0.269 e. The molecule has 11 heteroatoms. The fraction of sp³-hybridized carbons (Fsp3) is 0.815. The van der Waals surface area contributed by atoms with Crippen LogP contribution in [0.25, 0.3) is 0 Å². The molecule has 2 heterocycles. The van der Waals surface area contributed by atoms with Gasteiger partial charge in [0.15, 0.2) is 5.78 Å². The maximum atomic E-state index is 12.6. The van der Waals surface area contributed by atoms with E-state index in [-0.39, 0.29) is 36.7 Å². The highest BCUT2D eigenvalue weighted by Crippen LogP contribution is 2.29. The molecule has 4 atom stereocenters. The highest BCUT2D eigenvalue weighted by Gasteiger charge is 2.50. The van der Waals surface area contributed by atoms with Crippen LogP contribution in [0.5, 0.6) is 0 Å². The van der Waals surface area contributed by atoms with Gasteiger partial charge in [-0.2, -0.15) is 0 Å². The summed E-state index contributed by atoms with van der Waals surface area (Å²) in [7, 11) is 1.39. The van der Waals surface area contributed by atoms with E-state index in [2.05, 4.69) is 35.0 Å². The number of hydrogen-bond donors (Lipinski definition) is 3. The van der Waals surface area contributed by atoms with E-state index in [4.69, 9.17) is 14.3 Å². The van der Waals surface area contributed by atoms with Gasteiger partial charge in [0.05, 0.1) is 25.8 Å². The van der Waals surface area contributed by atoms with Crippen LogP contribution in [0, 0.1) is 5.92 Å². The molecule has 3 N–H and O–H groups in total. The molecule has 1 fully saturated rings. The molecule has 0 aromatic rings. The number of methoxy groups -OCH3 is 1. The molecule has 4 unspecified atom stereocenters. The van der Waals surface area contributed by atoms with Gasteiger partial charge in [-0.15, -0.1) is 0 Å². The van der Waals surface area contributed by atoms with Gasteiger partial charge in [0, 0.05) is 13.5 Å². The normalized spacial score (nSPS) is 20.3. The minimum atomic E-state index is -1.02.